The van der Waals surface area contributed by atoms with Crippen LogP contribution in [-0.2, 0) is 6.54 Å². The van der Waals surface area contributed by atoms with Gasteiger partial charge in [0.05, 0.1) is 6.54 Å². The number of halogens is 1. The van der Waals surface area contributed by atoms with Gasteiger partial charge in [0.1, 0.15) is 5.56 Å². The summed E-state index contributed by atoms with van der Waals surface area (Å²) in [7, 11) is 0. The number of carbonyl (C=O) groups is 1. The zero-order valence-electron chi connectivity index (χ0n) is 12.1. The van der Waals surface area contributed by atoms with E-state index in [0.717, 1.165) is 17.2 Å². The van der Waals surface area contributed by atoms with Gasteiger partial charge in [-0.1, -0.05) is 36.7 Å². The molecule has 0 atom stereocenters. The zero-order chi connectivity index (χ0) is 16.1. The van der Waals surface area contributed by atoms with Crippen LogP contribution in [0.1, 0.15) is 29.3 Å². The van der Waals surface area contributed by atoms with E-state index in [1.807, 2.05) is 6.92 Å². The average molecular weight is 322 g/mol. The lowest BCUT2D eigenvalue weighted by atomic mass is 10.2. The van der Waals surface area contributed by atoms with E-state index < -0.39 is 17.2 Å². The Hall–Kier alpha value is -2.34. The zero-order valence-corrected chi connectivity index (χ0v) is 12.8. The highest BCUT2D eigenvalue weighted by Crippen LogP contribution is 2.14. The monoisotopic (exact) mass is 321 g/mol. The second-order valence-corrected chi connectivity index (χ2v) is 5.15. The van der Waals surface area contributed by atoms with Crippen LogP contribution in [0.3, 0.4) is 0 Å². The van der Waals surface area contributed by atoms with Crippen molar-refractivity contribution in [2.45, 2.75) is 19.9 Å². The van der Waals surface area contributed by atoms with Gasteiger partial charge in [-0.25, -0.2) is 4.79 Å². The first-order chi connectivity index (χ1) is 10.5. The summed E-state index contributed by atoms with van der Waals surface area (Å²) in [5, 5.41) is 3.06. The lowest BCUT2D eigenvalue weighted by molar-refractivity contribution is 0.0951. The van der Waals surface area contributed by atoms with E-state index >= 15 is 0 Å². The molecular weight excluding hydrogens is 306 g/mol. The second kappa shape index (κ2) is 7.09. The van der Waals surface area contributed by atoms with E-state index in [1.165, 1.54) is 0 Å². The molecule has 1 aromatic heterocycles. The van der Waals surface area contributed by atoms with Gasteiger partial charge in [-0.15, -0.1) is 0 Å². The van der Waals surface area contributed by atoms with Crippen molar-refractivity contribution in [3.63, 3.8) is 0 Å². The van der Waals surface area contributed by atoms with E-state index in [0.29, 0.717) is 17.1 Å². The van der Waals surface area contributed by atoms with Crippen molar-refractivity contribution in [3.8, 4) is 0 Å². The summed E-state index contributed by atoms with van der Waals surface area (Å²) in [6, 6.07) is 6.91. The molecule has 116 valence electrons. The molecule has 0 aliphatic carbocycles. The van der Waals surface area contributed by atoms with Gasteiger partial charge in [0.15, 0.2) is 0 Å². The van der Waals surface area contributed by atoms with Crippen LogP contribution >= 0.6 is 11.6 Å². The largest absolute Gasteiger partial charge is 0.352 e. The fourth-order valence-corrected chi connectivity index (χ4v) is 2.14. The SMILES string of the molecule is CCCNC(=O)c1c[nH]c(=O)n(Cc2ccccc2Cl)c1=O. The number of rotatable bonds is 5. The molecule has 0 unspecified atom stereocenters. The fourth-order valence-electron chi connectivity index (χ4n) is 1.95. The van der Waals surface area contributed by atoms with Crippen molar-refractivity contribution < 1.29 is 4.79 Å². The van der Waals surface area contributed by atoms with E-state index in [1.54, 1.807) is 24.3 Å². The molecule has 1 aromatic carbocycles. The Balaban J connectivity index is 2.40. The van der Waals surface area contributed by atoms with E-state index in [-0.39, 0.29) is 12.1 Å². The molecule has 0 saturated carbocycles. The molecule has 1 amide bonds. The van der Waals surface area contributed by atoms with E-state index in [9.17, 15) is 14.4 Å². The molecule has 7 heteroatoms. The van der Waals surface area contributed by atoms with Crippen LogP contribution in [0.5, 0.6) is 0 Å². The van der Waals surface area contributed by atoms with Crippen molar-refractivity contribution in [1.82, 2.24) is 14.9 Å². The Kier molecular flexibility index (Phi) is 5.16. The number of nitrogens with one attached hydrogen (secondary N) is 2. The normalized spacial score (nSPS) is 10.5. The predicted molar refractivity (Wildman–Crippen MR) is 84.5 cm³/mol. The third-order valence-electron chi connectivity index (χ3n) is 3.13. The molecule has 0 fully saturated rings. The topological polar surface area (TPSA) is 84.0 Å². The third-order valence-corrected chi connectivity index (χ3v) is 3.50. The maximum absolute atomic E-state index is 12.3. The summed E-state index contributed by atoms with van der Waals surface area (Å²) in [4.78, 5) is 38.6. The van der Waals surface area contributed by atoms with Crippen LogP contribution in [-0.4, -0.2) is 22.0 Å². The summed E-state index contributed by atoms with van der Waals surface area (Å²) in [5.41, 5.74) is -0.697. The Morgan fingerprint density at radius 3 is 2.73 bits per heavy atom. The number of carbonyl (C=O) groups excluding carboxylic acids is 1. The van der Waals surface area contributed by atoms with Crippen molar-refractivity contribution in [3.05, 3.63) is 67.4 Å². The summed E-state index contributed by atoms with van der Waals surface area (Å²) in [5.74, 6) is -0.504. The third kappa shape index (κ3) is 3.46. The van der Waals surface area contributed by atoms with Crippen LogP contribution in [0.25, 0.3) is 0 Å². The number of amides is 1. The second-order valence-electron chi connectivity index (χ2n) is 4.75. The highest BCUT2D eigenvalue weighted by Gasteiger charge is 2.15. The maximum Gasteiger partial charge on any atom is 0.328 e. The predicted octanol–water partition coefficient (Wildman–Crippen LogP) is 1.38. The molecule has 1 heterocycles. The number of nitrogens with zero attached hydrogens (tertiary/aromatic N) is 1. The van der Waals surface area contributed by atoms with Gasteiger partial charge in [-0.05, 0) is 18.1 Å². The molecular formula is C15H16ClN3O3. The molecule has 0 spiro atoms. The minimum absolute atomic E-state index is 0.00272. The van der Waals surface area contributed by atoms with Gasteiger partial charge in [0.25, 0.3) is 11.5 Å². The van der Waals surface area contributed by atoms with Crippen LogP contribution in [0.2, 0.25) is 5.02 Å². The van der Waals surface area contributed by atoms with Crippen molar-refractivity contribution in [1.29, 1.82) is 0 Å². The Labute approximate surface area is 131 Å². The van der Waals surface area contributed by atoms with Crippen molar-refractivity contribution in [2.24, 2.45) is 0 Å². The summed E-state index contributed by atoms with van der Waals surface area (Å²) >= 11 is 6.04. The molecule has 0 aliphatic rings. The van der Waals surface area contributed by atoms with Gasteiger partial charge in [-0.2, -0.15) is 0 Å². The van der Waals surface area contributed by atoms with Gasteiger partial charge in [-0.3, -0.25) is 14.2 Å². The Morgan fingerprint density at radius 2 is 2.05 bits per heavy atom. The lowest BCUT2D eigenvalue weighted by Gasteiger charge is -2.08. The standard InChI is InChI=1S/C15H16ClN3O3/c1-2-7-17-13(20)11-8-18-15(22)19(14(11)21)9-10-5-3-4-6-12(10)16/h3-6,8H,2,7,9H2,1H3,(H,17,20)(H,18,22). The average Bonchev–Trinajstić information content (AvgIpc) is 2.50. The Bertz CT molecular complexity index is 795. The van der Waals surface area contributed by atoms with Crippen LogP contribution in [0.4, 0.5) is 0 Å². The lowest BCUT2D eigenvalue weighted by Crippen LogP contribution is -2.41. The molecule has 6 nitrogen and oxygen atoms in total. The van der Waals surface area contributed by atoms with E-state index in [2.05, 4.69) is 10.3 Å². The fraction of sp³-hybridized carbons (Fsp3) is 0.267. The molecule has 22 heavy (non-hydrogen) atoms. The number of hydrogen-bond donors (Lipinski definition) is 2. The van der Waals surface area contributed by atoms with Crippen molar-refractivity contribution in [2.75, 3.05) is 6.54 Å². The summed E-state index contributed by atoms with van der Waals surface area (Å²) in [6.45, 7) is 2.37. The highest BCUT2D eigenvalue weighted by atomic mass is 35.5. The van der Waals surface area contributed by atoms with Crippen LogP contribution < -0.4 is 16.6 Å². The number of aromatic nitrogens is 2. The van der Waals surface area contributed by atoms with Crippen molar-refractivity contribution >= 4 is 17.5 Å². The van der Waals surface area contributed by atoms with E-state index in [4.69, 9.17) is 11.6 Å². The minimum Gasteiger partial charge on any atom is -0.352 e. The number of aromatic amines is 1. The number of benzene rings is 1. The number of hydrogen-bond acceptors (Lipinski definition) is 3. The quantitative estimate of drug-likeness (QED) is 0.872. The molecule has 0 radical (unpaired) electrons. The maximum atomic E-state index is 12.3. The molecule has 2 rings (SSSR count). The van der Waals surface area contributed by atoms with Crippen LogP contribution in [0.15, 0.2) is 40.1 Å². The Morgan fingerprint density at radius 1 is 1.32 bits per heavy atom. The van der Waals surface area contributed by atoms with Gasteiger partial charge in [0.2, 0.25) is 0 Å². The first-order valence-corrected chi connectivity index (χ1v) is 7.26. The first-order valence-electron chi connectivity index (χ1n) is 6.88. The highest BCUT2D eigenvalue weighted by molar-refractivity contribution is 6.31. The molecule has 2 N–H and O–H groups in total. The van der Waals surface area contributed by atoms with Crippen LogP contribution in [0, 0.1) is 0 Å². The smallest absolute Gasteiger partial charge is 0.328 e. The first kappa shape index (κ1) is 16.0. The van der Waals surface area contributed by atoms with Gasteiger partial charge >= 0.3 is 5.69 Å². The summed E-state index contributed by atoms with van der Waals surface area (Å²) in [6.07, 6.45) is 1.89. The minimum atomic E-state index is -0.641. The molecule has 0 bridgehead atoms. The molecule has 2 aromatic rings. The van der Waals surface area contributed by atoms with Gasteiger partial charge < -0.3 is 10.3 Å². The summed E-state index contributed by atoms with van der Waals surface area (Å²) < 4.78 is 0.960. The molecule has 0 aliphatic heterocycles. The number of H-pyrrole nitrogens is 1. The molecule has 0 saturated heterocycles. The van der Waals surface area contributed by atoms with Gasteiger partial charge in [0, 0.05) is 17.8 Å².